The van der Waals surface area contributed by atoms with Crippen LogP contribution in [0.5, 0.6) is 0 Å². The van der Waals surface area contributed by atoms with Gasteiger partial charge in [-0.05, 0) is 12.8 Å². The van der Waals surface area contributed by atoms with Crippen molar-refractivity contribution in [1.29, 1.82) is 0 Å². The molecule has 0 bridgehead atoms. The fraction of sp³-hybridized carbons (Fsp3) is 0.982. The van der Waals surface area contributed by atoms with E-state index in [1.54, 1.807) is 0 Å². The maximum Gasteiger partial charge on any atom is 0.249 e. The van der Waals surface area contributed by atoms with Crippen LogP contribution in [0.2, 0.25) is 0 Å². The Kier molecular flexibility index (Phi) is 39.1. The maximum atomic E-state index is 13.4. The molecular weight excluding hydrogens is 915 g/mol. The normalized spacial score (nSPS) is 26.6. The number of hydrogen-bond donors (Lipinski definition) is 11. The van der Waals surface area contributed by atoms with Crippen LogP contribution in [-0.2, 0) is 23.7 Å². The third kappa shape index (κ3) is 28.0. The highest BCUT2D eigenvalue weighted by Gasteiger charge is 2.51. The van der Waals surface area contributed by atoms with Crippen LogP contribution in [0.25, 0.3) is 0 Å². The van der Waals surface area contributed by atoms with Crippen molar-refractivity contribution in [3.05, 3.63) is 0 Å². The van der Waals surface area contributed by atoms with Crippen LogP contribution in [0.1, 0.15) is 239 Å². The lowest BCUT2D eigenvalue weighted by molar-refractivity contribution is -0.368. The Morgan fingerprint density at radius 3 is 1.21 bits per heavy atom. The maximum absolute atomic E-state index is 13.4. The molecule has 0 radical (unpaired) electrons. The van der Waals surface area contributed by atoms with Crippen LogP contribution in [0, 0.1) is 0 Å². The van der Waals surface area contributed by atoms with E-state index in [0.29, 0.717) is 12.8 Å². The molecule has 71 heavy (non-hydrogen) atoms. The Balaban J connectivity index is 1.88. The summed E-state index contributed by atoms with van der Waals surface area (Å²) in [4.78, 5) is 13.4. The van der Waals surface area contributed by atoms with Crippen molar-refractivity contribution < 1.29 is 74.8 Å². The topological polar surface area (TPSA) is 268 Å². The summed E-state index contributed by atoms with van der Waals surface area (Å²) in [7, 11) is 0. The van der Waals surface area contributed by atoms with Gasteiger partial charge in [0.25, 0.3) is 0 Å². The van der Waals surface area contributed by atoms with E-state index in [4.69, 9.17) is 18.9 Å². The average Bonchev–Trinajstić information content (AvgIpc) is 3.37. The smallest absolute Gasteiger partial charge is 0.249 e. The molecular formula is C55H107NO15. The molecule has 2 rings (SSSR count). The Morgan fingerprint density at radius 2 is 0.817 bits per heavy atom. The van der Waals surface area contributed by atoms with E-state index < -0.39 is 111 Å². The standard InChI is InChI=1S/C55H107NO15/c1-3-5-7-9-11-13-15-17-18-19-20-21-22-23-25-27-29-31-33-35-37-43(60)53(67)56-41(46(61)42(59)36-34-32-30-28-26-24-16-14-12-10-8-6-4-2)40-68-55-52(50(65)48(63)45(39-58)70-55)71-54-51(66)49(64)47(62)44(38-57)69-54/h41-52,54-55,57-66H,3-40H2,1-2H3,(H,56,67). The molecule has 0 saturated carbocycles. The van der Waals surface area contributed by atoms with Gasteiger partial charge >= 0.3 is 0 Å². The zero-order chi connectivity index (χ0) is 52.1. The Morgan fingerprint density at radius 1 is 0.465 bits per heavy atom. The van der Waals surface area contributed by atoms with Crippen LogP contribution in [0.4, 0.5) is 0 Å². The summed E-state index contributed by atoms with van der Waals surface area (Å²) < 4.78 is 22.9. The molecule has 0 spiro atoms. The second kappa shape index (κ2) is 42.1. The molecule has 16 heteroatoms. The molecule has 2 aliphatic rings. The van der Waals surface area contributed by atoms with E-state index in [-0.39, 0.29) is 12.8 Å². The van der Waals surface area contributed by atoms with E-state index in [1.165, 1.54) is 148 Å². The van der Waals surface area contributed by atoms with Crippen molar-refractivity contribution in [2.45, 2.75) is 324 Å². The predicted octanol–water partition coefficient (Wildman–Crippen LogP) is 6.89. The highest BCUT2D eigenvalue weighted by Crippen LogP contribution is 2.30. The summed E-state index contributed by atoms with van der Waals surface area (Å²) in [6, 6.07) is -1.31. The number of amides is 1. The number of unbranched alkanes of at least 4 members (excludes halogenated alkanes) is 31. The molecule has 2 aliphatic heterocycles. The van der Waals surface area contributed by atoms with Crippen LogP contribution in [0.15, 0.2) is 0 Å². The lowest BCUT2D eigenvalue weighted by Crippen LogP contribution is -2.65. The van der Waals surface area contributed by atoms with Gasteiger partial charge in [0.2, 0.25) is 5.91 Å². The first-order valence-corrected chi connectivity index (χ1v) is 29.0. The summed E-state index contributed by atoms with van der Waals surface area (Å²) in [6.07, 6.45) is 19.2. The van der Waals surface area contributed by atoms with E-state index >= 15 is 0 Å². The van der Waals surface area contributed by atoms with Crippen molar-refractivity contribution in [3.63, 3.8) is 0 Å². The number of aliphatic hydroxyl groups is 10. The minimum atomic E-state index is -1.87. The average molecular weight is 1020 g/mol. The molecule has 14 unspecified atom stereocenters. The molecule has 0 aromatic rings. The molecule has 0 aromatic carbocycles. The second-order valence-corrected chi connectivity index (χ2v) is 21.1. The van der Waals surface area contributed by atoms with E-state index in [9.17, 15) is 55.9 Å². The highest BCUT2D eigenvalue weighted by atomic mass is 16.8. The SMILES string of the molecule is CCCCCCCCCCCCCCCCCCCCCCC(O)C(=O)NC(COC1OC(CO)C(O)C(O)C1OC1OC(CO)C(O)C(O)C1O)C(O)C(O)CCCCCCCCCCCCCCC. The van der Waals surface area contributed by atoms with Gasteiger partial charge in [0.1, 0.15) is 61.0 Å². The molecule has 0 aliphatic carbocycles. The predicted molar refractivity (Wildman–Crippen MR) is 275 cm³/mol. The molecule has 1 amide bonds. The lowest BCUT2D eigenvalue weighted by Gasteiger charge is -2.46. The van der Waals surface area contributed by atoms with Gasteiger partial charge in [-0.15, -0.1) is 0 Å². The number of carbonyl (C=O) groups excluding carboxylic acids is 1. The zero-order valence-corrected chi connectivity index (χ0v) is 44.5. The van der Waals surface area contributed by atoms with Gasteiger partial charge in [0.05, 0.1) is 32.0 Å². The van der Waals surface area contributed by atoms with Gasteiger partial charge in [-0.1, -0.05) is 226 Å². The Bertz CT molecular complexity index is 1240. The Hall–Kier alpha value is -1.09. The number of hydrogen-bond acceptors (Lipinski definition) is 15. The molecule has 0 aromatic heterocycles. The van der Waals surface area contributed by atoms with Crippen molar-refractivity contribution in [2.75, 3.05) is 19.8 Å². The summed E-state index contributed by atoms with van der Waals surface area (Å²) >= 11 is 0. The van der Waals surface area contributed by atoms with Gasteiger partial charge in [-0.2, -0.15) is 0 Å². The minimum absolute atomic E-state index is 0.193. The van der Waals surface area contributed by atoms with Gasteiger partial charge in [-0.3, -0.25) is 4.79 Å². The van der Waals surface area contributed by atoms with Crippen molar-refractivity contribution >= 4 is 5.91 Å². The molecule has 2 heterocycles. The summed E-state index contributed by atoms with van der Waals surface area (Å²) in [6.45, 7) is 2.42. The highest BCUT2D eigenvalue weighted by molar-refractivity contribution is 5.80. The first-order chi connectivity index (χ1) is 34.4. The van der Waals surface area contributed by atoms with Crippen molar-refractivity contribution in [2.24, 2.45) is 0 Å². The number of aliphatic hydroxyl groups excluding tert-OH is 10. The molecule has 16 nitrogen and oxygen atoms in total. The van der Waals surface area contributed by atoms with Gasteiger partial charge in [0, 0.05) is 0 Å². The third-order valence-electron chi connectivity index (χ3n) is 14.8. The van der Waals surface area contributed by atoms with Crippen LogP contribution in [0.3, 0.4) is 0 Å². The molecule has 14 atom stereocenters. The Labute approximate surface area is 429 Å². The quantitative estimate of drug-likeness (QED) is 0.0277. The van der Waals surface area contributed by atoms with E-state index in [1.807, 2.05) is 0 Å². The van der Waals surface area contributed by atoms with Gasteiger partial charge in [-0.25, -0.2) is 0 Å². The van der Waals surface area contributed by atoms with Crippen LogP contribution < -0.4 is 5.32 Å². The van der Waals surface area contributed by atoms with Crippen molar-refractivity contribution in [1.82, 2.24) is 5.32 Å². The molecule has 2 saturated heterocycles. The fourth-order valence-corrected chi connectivity index (χ4v) is 9.91. The first kappa shape index (κ1) is 66.0. The fourth-order valence-electron chi connectivity index (χ4n) is 9.91. The number of ether oxygens (including phenoxy) is 4. The minimum Gasteiger partial charge on any atom is -0.394 e. The molecule has 2 fully saturated rings. The van der Waals surface area contributed by atoms with Gasteiger partial charge in [0.15, 0.2) is 12.6 Å². The lowest BCUT2D eigenvalue weighted by atomic mass is 9.97. The van der Waals surface area contributed by atoms with Crippen molar-refractivity contribution in [3.8, 4) is 0 Å². The molecule has 422 valence electrons. The van der Waals surface area contributed by atoms with Crippen LogP contribution >= 0.6 is 0 Å². The van der Waals surface area contributed by atoms with Crippen LogP contribution in [-0.4, -0.2) is 163 Å². The monoisotopic (exact) mass is 1020 g/mol. The third-order valence-corrected chi connectivity index (χ3v) is 14.8. The first-order valence-electron chi connectivity index (χ1n) is 29.0. The summed E-state index contributed by atoms with van der Waals surface area (Å²) in [5.41, 5.74) is 0. The van der Waals surface area contributed by atoms with E-state index in [0.717, 1.165) is 51.4 Å². The number of rotatable bonds is 46. The summed E-state index contributed by atoms with van der Waals surface area (Å²) in [5, 5.41) is 109. The summed E-state index contributed by atoms with van der Waals surface area (Å²) in [5.74, 6) is -0.772. The number of nitrogens with one attached hydrogen (secondary N) is 1. The molecule has 11 N–H and O–H groups in total. The number of carbonyl (C=O) groups is 1. The largest absolute Gasteiger partial charge is 0.394 e. The zero-order valence-electron chi connectivity index (χ0n) is 44.5. The second-order valence-electron chi connectivity index (χ2n) is 21.1. The van der Waals surface area contributed by atoms with E-state index in [2.05, 4.69) is 19.2 Å². The van der Waals surface area contributed by atoms with Gasteiger partial charge < -0.3 is 75.3 Å².